The number of hydrogen-bond donors (Lipinski definition) is 1. The highest BCUT2D eigenvalue weighted by molar-refractivity contribution is 5.89. The molecule has 3 rings (SSSR count). The van der Waals surface area contributed by atoms with E-state index in [4.69, 9.17) is 19.9 Å². The predicted molar refractivity (Wildman–Crippen MR) is 96.5 cm³/mol. The summed E-state index contributed by atoms with van der Waals surface area (Å²) < 4.78 is 31.4. The Bertz CT molecular complexity index is 967. The normalized spacial score (nSPS) is 23.6. The topological polar surface area (TPSA) is 136 Å². The quantitative estimate of drug-likeness (QED) is 0.706. The van der Waals surface area contributed by atoms with Crippen molar-refractivity contribution in [2.75, 3.05) is 12.3 Å². The van der Waals surface area contributed by atoms with Crippen LogP contribution in [0.3, 0.4) is 0 Å². The Hall–Kier alpha value is -3.34. The summed E-state index contributed by atoms with van der Waals surface area (Å²) in [5.41, 5.74) is 5.09. The zero-order chi connectivity index (χ0) is 21.1. The molecular weight excluding hydrogens is 387 g/mol. The molecule has 0 aliphatic carbocycles. The minimum absolute atomic E-state index is 0.0930. The molecule has 1 aliphatic heterocycles. The van der Waals surface area contributed by atoms with Crippen LogP contribution in [0.1, 0.15) is 29.2 Å². The lowest BCUT2D eigenvalue weighted by atomic mass is 10.1. The third kappa shape index (κ3) is 4.40. The van der Waals surface area contributed by atoms with Crippen molar-refractivity contribution in [3.05, 3.63) is 52.1 Å². The molecular formula is C18H19FN4O6. The van der Waals surface area contributed by atoms with Crippen LogP contribution >= 0.6 is 0 Å². The number of aryl methyl sites for hydroxylation is 1. The van der Waals surface area contributed by atoms with Crippen LogP contribution in [0.15, 0.2) is 35.1 Å². The Morgan fingerprint density at radius 2 is 2.00 bits per heavy atom. The van der Waals surface area contributed by atoms with Gasteiger partial charge in [-0.15, -0.1) is 0 Å². The molecule has 10 nitrogen and oxygen atoms in total. The zero-order valence-corrected chi connectivity index (χ0v) is 15.6. The van der Waals surface area contributed by atoms with E-state index in [9.17, 15) is 14.4 Å². The van der Waals surface area contributed by atoms with Gasteiger partial charge in [-0.05, 0) is 19.1 Å². The van der Waals surface area contributed by atoms with Crippen molar-refractivity contribution >= 4 is 17.8 Å². The Morgan fingerprint density at radius 3 is 2.66 bits per heavy atom. The Labute approximate surface area is 164 Å². The lowest BCUT2D eigenvalue weighted by molar-refractivity contribution is -0.152. The second kappa shape index (κ2) is 8.35. The second-order valence-corrected chi connectivity index (χ2v) is 6.36. The molecule has 2 aromatic rings. The molecule has 1 fully saturated rings. The van der Waals surface area contributed by atoms with Gasteiger partial charge in [0.25, 0.3) is 0 Å². The summed E-state index contributed by atoms with van der Waals surface area (Å²) in [6.07, 6.45) is -6.04. The van der Waals surface area contributed by atoms with Crippen molar-refractivity contribution in [2.24, 2.45) is 0 Å². The van der Waals surface area contributed by atoms with Crippen LogP contribution in [0.5, 0.6) is 0 Å². The molecule has 1 aromatic heterocycles. The Balaban J connectivity index is 1.80. The number of nitrogen functional groups attached to an aromatic ring is 1. The predicted octanol–water partition coefficient (Wildman–Crippen LogP) is 0.553. The van der Waals surface area contributed by atoms with E-state index in [1.807, 2.05) is 0 Å². The smallest absolute Gasteiger partial charge is 0.368 e. The zero-order valence-electron chi connectivity index (χ0n) is 15.6. The molecule has 29 heavy (non-hydrogen) atoms. The largest absolute Gasteiger partial charge is 0.459 e. The molecule has 0 saturated carbocycles. The number of halogens is 1. The molecule has 0 spiro atoms. The van der Waals surface area contributed by atoms with E-state index < -0.39 is 48.8 Å². The summed E-state index contributed by atoms with van der Waals surface area (Å²) >= 11 is 0. The summed E-state index contributed by atoms with van der Waals surface area (Å²) in [6.45, 7) is 2.19. The van der Waals surface area contributed by atoms with Crippen LogP contribution < -0.4 is 11.4 Å². The average Bonchev–Trinajstić information content (AvgIpc) is 2.98. The SMILES string of the molecule is CC(=O)O[C@H]1[C@H](F)[C@H](n2nc(C)c(N)nc2=O)O[C@@H]1COC(=O)c1ccccc1. The van der Waals surface area contributed by atoms with E-state index in [0.29, 0.717) is 10.2 Å². The molecule has 0 bridgehead atoms. The van der Waals surface area contributed by atoms with Crippen LogP contribution in [0.25, 0.3) is 0 Å². The van der Waals surface area contributed by atoms with Crippen molar-refractivity contribution in [2.45, 2.75) is 38.5 Å². The third-order valence-corrected chi connectivity index (χ3v) is 4.24. The van der Waals surface area contributed by atoms with Crippen LogP contribution in [-0.2, 0) is 19.0 Å². The molecule has 1 saturated heterocycles. The number of rotatable bonds is 5. The molecule has 0 radical (unpaired) electrons. The fourth-order valence-electron chi connectivity index (χ4n) is 2.83. The highest BCUT2D eigenvalue weighted by Crippen LogP contribution is 2.33. The minimum Gasteiger partial charge on any atom is -0.459 e. The first kappa shape index (κ1) is 20.4. The van der Waals surface area contributed by atoms with Crippen molar-refractivity contribution in [3.8, 4) is 0 Å². The highest BCUT2D eigenvalue weighted by Gasteiger charge is 2.50. The van der Waals surface area contributed by atoms with Gasteiger partial charge in [-0.2, -0.15) is 14.8 Å². The Morgan fingerprint density at radius 1 is 1.31 bits per heavy atom. The van der Waals surface area contributed by atoms with E-state index >= 15 is 4.39 Å². The number of nitrogens with zero attached hydrogens (tertiary/aromatic N) is 3. The van der Waals surface area contributed by atoms with E-state index in [2.05, 4.69) is 10.1 Å². The van der Waals surface area contributed by atoms with Gasteiger partial charge in [0, 0.05) is 6.92 Å². The Kier molecular flexibility index (Phi) is 5.87. The summed E-state index contributed by atoms with van der Waals surface area (Å²) in [4.78, 5) is 39.2. The first-order valence-electron chi connectivity index (χ1n) is 8.69. The van der Waals surface area contributed by atoms with E-state index in [1.54, 1.807) is 30.3 Å². The van der Waals surface area contributed by atoms with E-state index in [1.165, 1.54) is 6.92 Å². The van der Waals surface area contributed by atoms with Crippen LogP contribution in [-0.4, -0.2) is 51.7 Å². The van der Waals surface area contributed by atoms with Crippen molar-refractivity contribution < 1.29 is 28.2 Å². The molecule has 4 atom stereocenters. The van der Waals surface area contributed by atoms with Crippen molar-refractivity contribution in [1.29, 1.82) is 0 Å². The van der Waals surface area contributed by atoms with Crippen LogP contribution in [0.2, 0.25) is 0 Å². The number of ether oxygens (including phenoxy) is 3. The maximum Gasteiger partial charge on any atom is 0.368 e. The molecule has 11 heteroatoms. The van der Waals surface area contributed by atoms with Gasteiger partial charge in [0.1, 0.15) is 18.4 Å². The molecule has 1 aromatic carbocycles. The van der Waals surface area contributed by atoms with Gasteiger partial charge in [-0.1, -0.05) is 18.2 Å². The summed E-state index contributed by atoms with van der Waals surface area (Å²) in [5, 5.41) is 3.90. The number of esters is 2. The monoisotopic (exact) mass is 406 g/mol. The second-order valence-electron chi connectivity index (χ2n) is 6.36. The number of anilines is 1. The van der Waals surface area contributed by atoms with Crippen LogP contribution in [0.4, 0.5) is 10.2 Å². The summed E-state index contributed by atoms with van der Waals surface area (Å²) in [7, 11) is 0. The molecule has 0 amide bonds. The number of carbonyl (C=O) groups is 2. The van der Waals surface area contributed by atoms with Crippen LogP contribution in [0, 0.1) is 6.92 Å². The number of hydrogen-bond acceptors (Lipinski definition) is 9. The van der Waals surface area contributed by atoms with Gasteiger partial charge < -0.3 is 19.9 Å². The van der Waals surface area contributed by atoms with E-state index in [-0.39, 0.29) is 11.5 Å². The molecule has 154 valence electrons. The molecule has 2 N–H and O–H groups in total. The first-order chi connectivity index (χ1) is 13.8. The number of alkyl halides is 1. The fourth-order valence-corrected chi connectivity index (χ4v) is 2.83. The number of nitrogens with two attached hydrogens (primary N) is 1. The average molecular weight is 406 g/mol. The van der Waals surface area contributed by atoms with Gasteiger partial charge in [0.05, 0.1) is 5.56 Å². The van der Waals surface area contributed by atoms with Gasteiger partial charge in [-0.25, -0.2) is 14.0 Å². The van der Waals surface area contributed by atoms with Crippen molar-refractivity contribution in [1.82, 2.24) is 14.8 Å². The minimum atomic E-state index is -1.95. The maximum absolute atomic E-state index is 15.0. The van der Waals surface area contributed by atoms with Gasteiger partial charge >= 0.3 is 17.6 Å². The van der Waals surface area contributed by atoms with E-state index in [0.717, 1.165) is 6.92 Å². The fraction of sp³-hybridized carbons (Fsp3) is 0.389. The lowest BCUT2D eigenvalue weighted by Gasteiger charge is -2.18. The van der Waals surface area contributed by atoms with Gasteiger partial charge in [0.15, 0.2) is 24.3 Å². The number of carbonyl (C=O) groups excluding carboxylic acids is 2. The van der Waals surface area contributed by atoms with Gasteiger partial charge in [0.2, 0.25) is 0 Å². The van der Waals surface area contributed by atoms with Crippen molar-refractivity contribution in [3.63, 3.8) is 0 Å². The molecule has 0 unspecified atom stereocenters. The summed E-state index contributed by atoms with van der Waals surface area (Å²) in [6, 6.07) is 8.15. The summed E-state index contributed by atoms with van der Waals surface area (Å²) in [5.74, 6) is -1.51. The lowest BCUT2D eigenvalue weighted by Crippen LogP contribution is -2.38. The number of aromatic nitrogens is 3. The number of benzene rings is 1. The molecule has 1 aliphatic rings. The highest BCUT2D eigenvalue weighted by atomic mass is 19.1. The standard InChI is InChI=1S/C18H19FN4O6/c1-9-15(20)21-18(26)23(22-9)16-13(19)14(28-10(2)24)12(29-16)8-27-17(25)11-6-4-3-5-7-11/h3-7,12-14,16H,8H2,1-2H3,(H2,20,21,26)/t12-,13+,14-,16-/m1/s1. The van der Waals surface area contributed by atoms with Gasteiger partial charge in [-0.3, -0.25) is 4.79 Å². The maximum atomic E-state index is 15.0. The third-order valence-electron chi connectivity index (χ3n) is 4.24. The molecule has 2 heterocycles. The first-order valence-corrected chi connectivity index (χ1v) is 8.69.